The van der Waals surface area contributed by atoms with Crippen LogP contribution in [-0.4, -0.2) is 54.8 Å². The van der Waals surface area contributed by atoms with Gasteiger partial charge in [0.25, 0.3) is 0 Å². The lowest BCUT2D eigenvalue weighted by molar-refractivity contribution is -0.176. The van der Waals surface area contributed by atoms with Gasteiger partial charge >= 0.3 is 5.97 Å². The smallest absolute Gasteiger partial charge is 0.335 e. The molecule has 34 heavy (non-hydrogen) atoms. The second-order valence-electron chi connectivity index (χ2n) is 7.71. The predicted molar refractivity (Wildman–Crippen MR) is 116 cm³/mol. The molecule has 4 unspecified atom stereocenters. The Balaban J connectivity index is 2.00. The first kappa shape index (κ1) is 25.5. The number of halogens is 3. The molecule has 0 saturated carbocycles. The van der Waals surface area contributed by atoms with E-state index in [4.69, 9.17) is 30.9 Å². The molecule has 0 radical (unpaired) electrons. The van der Waals surface area contributed by atoms with Crippen molar-refractivity contribution in [3.63, 3.8) is 0 Å². The number of rotatable bonds is 8. The highest BCUT2D eigenvalue weighted by Gasteiger charge is 2.44. The van der Waals surface area contributed by atoms with E-state index in [1.165, 1.54) is 18.3 Å². The lowest BCUT2D eigenvalue weighted by atomic mass is 9.81. The molecule has 5 N–H and O–H groups in total. The second kappa shape index (κ2) is 11.3. The minimum Gasteiger partial charge on any atom is -0.467 e. The van der Waals surface area contributed by atoms with Gasteiger partial charge in [-0.3, -0.25) is 0 Å². The maximum atomic E-state index is 13.7. The van der Waals surface area contributed by atoms with Crippen molar-refractivity contribution >= 4 is 11.7 Å². The van der Waals surface area contributed by atoms with Gasteiger partial charge < -0.3 is 30.1 Å². The van der Waals surface area contributed by atoms with Crippen molar-refractivity contribution in [2.45, 2.75) is 30.6 Å². The summed E-state index contributed by atoms with van der Waals surface area (Å²) in [5, 5.41) is 10.4. The van der Waals surface area contributed by atoms with Crippen LogP contribution in [0.15, 0.2) is 48.7 Å². The molecule has 8 nitrogen and oxygen atoms in total. The largest absolute Gasteiger partial charge is 0.467 e. The van der Waals surface area contributed by atoms with Gasteiger partial charge in [-0.25, -0.2) is 23.8 Å². The van der Waals surface area contributed by atoms with Crippen LogP contribution in [0.4, 0.5) is 13.2 Å². The van der Waals surface area contributed by atoms with E-state index in [1.54, 1.807) is 0 Å². The third-order valence-corrected chi connectivity index (χ3v) is 5.62. The summed E-state index contributed by atoms with van der Waals surface area (Å²) >= 11 is 0. The zero-order valence-electron chi connectivity index (χ0n) is 18.4. The highest BCUT2D eigenvalue weighted by atomic mass is 19.2. The number of methoxy groups -OCH3 is 1. The van der Waals surface area contributed by atoms with Gasteiger partial charge in [-0.15, -0.1) is 0 Å². The normalized spacial score (nSPS) is 22.9. The molecule has 184 valence electrons. The Hall–Kier alpha value is -3.12. The fourth-order valence-electron chi connectivity index (χ4n) is 4.03. The van der Waals surface area contributed by atoms with Crippen molar-refractivity contribution in [3.05, 3.63) is 77.2 Å². The molecule has 0 amide bonds. The summed E-state index contributed by atoms with van der Waals surface area (Å²) in [4.78, 5) is 12.3. The van der Waals surface area contributed by atoms with Gasteiger partial charge in [-0.2, -0.15) is 0 Å². The van der Waals surface area contributed by atoms with E-state index in [0.29, 0.717) is 0 Å². The van der Waals surface area contributed by atoms with E-state index in [0.717, 1.165) is 17.7 Å². The number of carbonyl (C=O) groups excluding carboxylic acids is 1. The summed E-state index contributed by atoms with van der Waals surface area (Å²) in [6, 6.07) is 10.1. The molecule has 11 heteroatoms. The number of hydrogen-bond donors (Lipinski definition) is 3. The SMILES string of the molecule is COC(=O)C1CC(N(N)/C=C(\N)c2cc(F)c(F)c(F)c2)C(c2ccccc2)C(COCO)O1. The topological polar surface area (TPSA) is 120 Å². The van der Waals surface area contributed by atoms with E-state index in [1.807, 2.05) is 30.3 Å². The number of hydrogen-bond acceptors (Lipinski definition) is 8. The Morgan fingerprint density at radius 2 is 1.88 bits per heavy atom. The van der Waals surface area contributed by atoms with Crippen molar-refractivity contribution in [2.24, 2.45) is 11.6 Å². The Labute approximate surface area is 194 Å². The first-order valence-corrected chi connectivity index (χ1v) is 10.4. The third kappa shape index (κ3) is 5.68. The zero-order chi connectivity index (χ0) is 24.8. The number of aliphatic hydroxyl groups excluding tert-OH is 1. The van der Waals surface area contributed by atoms with Crippen LogP contribution < -0.4 is 11.6 Å². The maximum Gasteiger partial charge on any atom is 0.335 e. The third-order valence-electron chi connectivity index (χ3n) is 5.62. The molecular formula is C23H26F3N3O5. The van der Waals surface area contributed by atoms with Gasteiger partial charge in [0.05, 0.1) is 31.6 Å². The summed E-state index contributed by atoms with van der Waals surface area (Å²) in [6.45, 7) is -0.614. The number of benzene rings is 2. The van der Waals surface area contributed by atoms with Crippen molar-refractivity contribution in [2.75, 3.05) is 20.5 Å². The molecule has 1 fully saturated rings. The number of esters is 1. The molecule has 1 saturated heterocycles. The molecular weight excluding hydrogens is 455 g/mol. The molecule has 1 heterocycles. The minimum absolute atomic E-state index is 0.0541. The lowest BCUT2D eigenvalue weighted by Crippen LogP contribution is -2.54. The van der Waals surface area contributed by atoms with Crippen LogP contribution in [0.3, 0.4) is 0 Å². The first-order valence-electron chi connectivity index (χ1n) is 10.4. The summed E-state index contributed by atoms with van der Waals surface area (Å²) < 4.78 is 56.6. The number of carbonyl (C=O) groups is 1. The quantitative estimate of drug-likeness (QED) is 0.172. The molecule has 0 aromatic heterocycles. The Kier molecular flexibility index (Phi) is 8.51. The molecule has 2 aromatic carbocycles. The maximum absolute atomic E-state index is 13.7. The lowest BCUT2D eigenvalue weighted by Gasteiger charge is -2.44. The van der Waals surface area contributed by atoms with Crippen molar-refractivity contribution in [1.29, 1.82) is 0 Å². The Morgan fingerprint density at radius 3 is 2.47 bits per heavy atom. The van der Waals surface area contributed by atoms with E-state index in [9.17, 15) is 18.0 Å². The number of nitrogens with two attached hydrogens (primary N) is 2. The summed E-state index contributed by atoms with van der Waals surface area (Å²) in [5.74, 6) is 0.856. The Morgan fingerprint density at radius 1 is 1.24 bits per heavy atom. The molecule has 4 atom stereocenters. The van der Waals surface area contributed by atoms with E-state index in [2.05, 4.69) is 0 Å². The summed E-state index contributed by atoms with van der Waals surface area (Å²) in [7, 11) is 1.22. The standard InChI is InChI=1S/C23H26F3N3O5/c1-32-23(31)19-9-18(21(13-5-3-2-4-6-13)20(34-19)11-33-12-30)29(28)10-17(27)14-7-15(24)22(26)16(25)8-14/h2-8,10,18-21,30H,9,11-12,27-28H2,1H3/b17-10-. The van der Waals surface area contributed by atoms with Crippen LogP contribution in [0, 0.1) is 17.5 Å². The van der Waals surface area contributed by atoms with Gasteiger partial charge in [0.1, 0.15) is 6.79 Å². The van der Waals surface area contributed by atoms with Crippen LogP contribution in [0.5, 0.6) is 0 Å². The fraction of sp³-hybridized carbons (Fsp3) is 0.348. The van der Waals surface area contributed by atoms with Crippen molar-refractivity contribution in [1.82, 2.24) is 5.01 Å². The molecule has 2 aromatic rings. The Bertz CT molecular complexity index is 1000. The van der Waals surface area contributed by atoms with Crippen molar-refractivity contribution < 1.29 is 37.3 Å². The monoisotopic (exact) mass is 481 g/mol. The van der Waals surface area contributed by atoms with Gasteiger partial charge in [-0.1, -0.05) is 30.3 Å². The predicted octanol–water partition coefficient (Wildman–Crippen LogP) is 1.99. The molecule has 3 rings (SSSR count). The van der Waals surface area contributed by atoms with Gasteiger partial charge in [0.2, 0.25) is 0 Å². The van der Waals surface area contributed by atoms with Crippen LogP contribution in [0.25, 0.3) is 5.70 Å². The zero-order valence-corrected chi connectivity index (χ0v) is 18.4. The minimum atomic E-state index is -1.61. The highest BCUT2D eigenvalue weighted by Crippen LogP contribution is 2.37. The molecule has 0 bridgehead atoms. The van der Waals surface area contributed by atoms with Crippen molar-refractivity contribution in [3.8, 4) is 0 Å². The van der Waals surface area contributed by atoms with E-state index in [-0.39, 0.29) is 24.3 Å². The molecule has 1 aliphatic rings. The van der Waals surface area contributed by atoms with Crippen LogP contribution in [-0.2, 0) is 19.0 Å². The summed E-state index contributed by atoms with van der Waals surface area (Å²) in [5.41, 5.74) is 6.58. The van der Waals surface area contributed by atoms with Gasteiger partial charge in [0, 0.05) is 24.1 Å². The van der Waals surface area contributed by atoms with E-state index < -0.39 is 54.4 Å². The number of hydrazine groups is 1. The molecule has 1 aliphatic heterocycles. The number of nitrogens with zero attached hydrogens (tertiary/aromatic N) is 1. The second-order valence-corrected chi connectivity index (χ2v) is 7.71. The van der Waals surface area contributed by atoms with Gasteiger partial charge in [0.15, 0.2) is 23.6 Å². The average Bonchev–Trinajstić information content (AvgIpc) is 2.84. The van der Waals surface area contributed by atoms with E-state index >= 15 is 0 Å². The highest BCUT2D eigenvalue weighted by molar-refractivity contribution is 5.75. The molecule has 0 spiro atoms. The molecule has 0 aliphatic carbocycles. The van der Waals surface area contributed by atoms with Crippen LogP contribution >= 0.6 is 0 Å². The fourth-order valence-corrected chi connectivity index (χ4v) is 4.03. The van der Waals surface area contributed by atoms with Crippen LogP contribution in [0.1, 0.15) is 23.5 Å². The number of aliphatic hydroxyl groups is 1. The number of ether oxygens (including phenoxy) is 3. The van der Waals surface area contributed by atoms with Gasteiger partial charge in [-0.05, 0) is 17.7 Å². The average molecular weight is 481 g/mol. The van der Waals surface area contributed by atoms with Crippen LogP contribution in [0.2, 0.25) is 0 Å². The first-order chi connectivity index (χ1) is 16.3. The summed E-state index contributed by atoms with van der Waals surface area (Å²) in [6.07, 6.45) is -0.368.